The van der Waals surface area contributed by atoms with Crippen molar-refractivity contribution in [2.75, 3.05) is 7.11 Å². The van der Waals surface area contributed by atoms with E-state index in [0.29, 0.717) is 0 Å². The molecule has 1 aliphatic rings. The molecule has 3 heterocycles. The molecular formula is C19H22N4O2. The van der Waals surface area contributed by atoms with Gasteiger partial charge in [0, 0.05) is 31.0 Å². The second kappa shape index (κ2) is 6.37. The summed E-state index contributed by atoms with van der Waals surface area (Å²) in [5.41, 5.74) is 3.41. The Hall–Kier alpha value is -2.60. The van der Waals surface area contributed by atoms with Gasteiger partial charge in [0.15, 0.2) is 0 Å². The lowest BCUT2D eigenvalue weighted by molar-refractivity contribution is 0.124. The molecule has 130 valence electrons. The molecule has 4 rings (SSSR count). The lowest BCUT2D eigenvalue weighted by Gasteiger charge is -2.36. The monoisotopic (exact) mass is 338 g/mol. The van der Waals surface area contributed by atoms with Gasteiger partial charge in [0.2, 0.25) is 0 Å². The van der Waals surface area contributed by atoms with E-state index >= 15 is 0 Å². The van der Waals surface area contributed by atoms with Gasteiger partial charge in [0.05, 0.1) is 25.4 Å². The van der Waals surface area contributed by atoms with Crippen molar-refractivity contribution in [3.63, 3.8) is 0 Å². The second-order valence-corrected chi connectivity index (χ2v) is 6.55. The van der Waals surface area contributed by atoms with E-state index in [4.69, 9.17) is 9.26 Å². The number of aryl methyl sites for hydroxylation is 2. The van der Waals surface area contributed by atoms with Gasteiger partial charge in [-0.1, -0.05) is 17.3 Å². The zero-order valence-corrected chi connectivity index (χ0v) is 14.8. The van der Waals surface area contributed by atoms with Crippen molar-refractivity contribution in [2.45, 2.75) is 39.5 Å². The first-order valence-electron chi connectivity index (χ1n) is 8.45. The molecule has 0 aliphatic carbocycles. The van der Waals surface area contributed by atoms with Gasteiger partial charge >= 0.3 is 0 Å². The van der Waals surface area contributed by atoms with E-state index in [1.54, 1.807) is 7.11 Å². The second-order valence-electron chi connectivity index (χ2n) is 6.55. The molecule has 6 nitrogen and oxygen atoms in total. The molecule has 2 aromatic heterocycles. The predicted molar refractivity (Wildman–Crippen MR) is 93.2 cm³/mol. The van der Waals surface area contributed by atoms with Gasteiger partial charge in [-0.2, -0.15) is 0 Å². The maximum absolute atomic E-state index is 5.29. The summed E-state index contributed by atoms with van der Waals surface area (Å²) in [6.07, 6.45) is 1.95. The van der Waals surface area contributed by atoms with Crippen LogP contribution < -0.4 is 4.74 Å². The maximum Gasteiger partial charge on any atom is 0.133 e. The molecule has 0 fully saturated rings. The Morgan fingerprint density at radius 3 is 2.72 bits per heavy atom. The van der Waals surface area contributed by atoms with Crippen LogP contribution in [0.5, 0.6) is 5.75 Å². The van der Waals surface area contributed by atoms with Crippen molar-refractivity contribution in [3.8, 4) is 5.75 Å². The summed E-state index contributed by atoms with van der Waals surface area (Å²) in [7, 11) is 1.69. The van der Waals surface area contributed by atoms with Crippen LogP contribution in [-0.2, 0) is 19.6 Å². The maximum atomic E-state index is 5.29. The first kappa shape index (κ1) is 15.9. The Morgan fingerprint density at radius 1 is 1.24 bits per heavy atom. The highest BCUT2D eigenvalue weighted by Gasteiger charge is 2.29. The van der Waals surface area contributed by atoms with Crippen LogP contribution in [0, 0.1) is 13.8 Å². The zero-order valence-electron chi connectivity index (χ0n) is 14.8. The Labute approximate surface area is 147 Å². The summed E-state index contributed by atoms with van der Waals surface area (Å²) in [5, 5.41) is 4.16. The van der Waals surface area contributed by atoms with Crippen LogP contribution >= 0.6 is 0 Å². The number of hydrogen-bond donors (Lipinski definition) is 0. The van der Waals surface area contributed by atoms with E-state index < -0.39 is 0 Å². The third kappa shape index (κ3) is 3.05. The summed E-state index contributed by atoms with van der Waals surface area (Å²) < 4.78 is 12.8. The number of aromatic nitrogens is 3. The topological polar surface area (TPSA) is 56.3 Å². The molecule has 6 heteroatoms. The van der Waals surface area contributed by atoms with Gasteiger partial charge in [0.1, 0.15) is 17.3 Å². The molecule has 0 N–H and O–H groups in total. The van der Waals surface area contributed by atoms with Crippen molar-refractivity contribution in [1.29, 1.82) is 0 Å². The highest BCUT2D eigenvalue weighted by molar-refractivity contribution is 5.30. The third-order valence-electron chi connectivity index (χ3n) is 4.82. The Kier molecular flexibility index (Phi) is 4.05. The SMILES string of the molecule is COc1ccc([C@H]2Cn3c(C)cnc3CN2Cc2cc(C)on2)cc1. The quantitative estimate of drug-likeness (QED) is 0.731. The van der Waals surface area contributed by atoms with Crippen molar-refractivity contribution in [1.82, 2.24) is 19.6 Å². The van der Waals surface area contributed by atoms with Crippen molar-refractivity contribution < 1.29 is 9.26 Å². The van der Waals surface area contributed by atoms with E-state index in [-0.39, 0.29) is 6.04 Å². The molecule has 1 aliphatic heterocycles. The molecule has 1 aromatic carbocycles. The molecule has 25 heavy (non-hydrogen) atoms. The Balaban J connectivity index is 1.67. The van der Waals surface area contributed by atoms with Crippen LogP contribution in [0.25, 0.3) is 0 Å². The van der Waals surface area contributed by atoms with Crippen LogP contribution in [0.2, 0.25) is 0 Å². The number of nitrogens with zero attached hydrogens (tertiary/aromatic N) is 4. The Bertz CT molecular complexity index is 866. The number of rotatable bonds is 4. The largest absolute Gasteiger partial charge is 0.497 e. The number of imidazole rings is 1. The highest BCUT2D eigenvalue weighted by Crippen LogP contribution is 2.32. The fourth-order valence-corrected chi connectivity index (χ4v) is 3.48. The Morgan fingerprint density at radius 2 is 2.04 bits per heavy atom. The van der Waals surface area contributed by atoms with E-state index in [0.717, 1.165) is 42.7 Å². The van der Waals surface area contributed by atoms with E-state index in [1.165, 1.54) is 11.3 Å². The summed E-state index contributed by atoms with van der Waals surface area (Å²) in [5.74, 6) is 2.81. The number of fused-ring (bicyclic) bond motifs is 1. The highest BCUT2D eigenvalue weighted by atomic mass is 16.5. The summed E-state index contributed by atoms with van der Waals surface area (Å²) in [6, 6.07) is 10.6. The van der Waals surface area contributed by atoms with E-state index in [1.807, 2.05) is 31.3 Å². The van der Waals surface area contributed by atoms with Crippen LogP contribution in [0.4, 0.5) is 0 Å². The molecular weight excluding hydrogens is 316 g/mol. The first-order valence-corrected chi connectivity index (χ1v) is 8.45. The van der Waals surface area contributed by atoms with Gasteiger partial charge in [-0.15, -0.1) is 0 Å². The molecule has 0 radical (unpaired) electrons. The first-order chi connectivity index (χ1) is 12.1. The number of ether oxygens (including phenoxy) is 1. The number of methoxy groups -OCH3 is 1. The summed E-state index contributed by atoms with van der Waals surface area (Å²) >= 11 is 0. The molecule has 0 bridgehead atoms. The fraction of sp³-hybridized carbons (Fsp3) is 0.368. The third-order valence-corrected chi connectivity index (χ3v) is 4.82. The van der Waals surface area contributed by atoms with Crippen molar-refractivity contribution in [2.24, 2.45) is 0 Å². The zero-order chi connectivity index (χ0) is 17.4. The van der Waals surface area contributed by atoms with E-state index in [9.17, 15) is 0 Å². The van der Waals surface area contributed by atoms with Gasteiger partial charge in [-0.3, -0.25) is 4.90 Å². The van der Waals surface area contributed by atoms with Crippen LogP contribution in [0.15, 0.2) is 41.1 Å². The van der Waals surface area contributed by atoms with Gasteiger partial charge in [0.25, 0.3) is 0 Å². The smallest absolute Gasteiger partial charge is 0.133 e. The average molecular weight is 338 g/mol. The molecule has 0 saturated heterocycles. The van der Waals surface area contributed by atoms with Gasteiger partial charge in [-0.05, 0) is 31.5 Å². The normalized spacial score (nSPS) is 17.5. The minimum absolute atomic E-state index is 0.253. The lowest BCUT2D eigenvalue weighted by atomic mass is 10.0. The van der Waals surface area contributed by atoms with Gasteiger partial charge < -0.3 is 13.8 Å². The van der Waals surface area contributed by atoms with Crippen LogP contribution in [0.1, 0.15) is 34.6 Å². The van der Waals surface area contributed by atoms with Crippen molar-refractivity contribution >= 4 is 0 Å². The van der Waals surface area contributed by atoms with Crippen LogP contribution in [-0.4, -0.2) is 26.7 Å². The summed E-state index contributed by atoms with van der Waals surface area (Å²) in [4.78, 5) is 6.97. The van der Waals surface area contributed by atoms with E-state index in [2.05, 4.69) is 38.7 Å². The lowest BCUT2D eigenvalue weighted by Crippen LogP contribution is -2.37. The molecule has 0 unspecified atom stereocenters. The fourth-order valence-electron chi connectivity index (χ4n) is 3.48. The number of benzene rings is 1. The van der Waals surface area contributed by atoms with Crippen LogP contribution in [0.3, 0.4) is 0 Å². The minimum atomic E-state index is 0.253. The molecule has 0 saturated carbocycles. The predicted octanol–water partition coefficient (Wildman–Crippen LogP) is 3.25. The van der Waals surface area contributed by atoms with Gasteiger partial charge in [-0.25, -0.2) is 4.98 Å². The number of hydrogen-bond acceptors (Lipinski definition) is 5. The molecule has 0 amide bonds. The van der Waals surface area contributed by atoms with Crippen molar-refractivity contribution in [3.05, 3.63) is 65.1 Å². The molecule has 3 aromatic rings. The summed E-state index contributed by atoms with van der Waals surface area (Å²) in [6.45, 7) is 6.43. The molecule has 1 atom stereocenters. The average Bonchev–Trinajstić information content (AvgIpc) is 3.20. The minimum Gasteiger partial charge on any atom is -0.497 e. The molecule has 0 spiro atoms. The standard InChI is InChI=1S/C19H22N4O2/c1-13-9-20-19-12-22(10-16-8-14(2)25-21-16)18(11-23(13)19)15-4-6-17(24-3)7-5-15/h4-9,18H,10-12H2,1-3H3/t18-/m1/s1.